The van der Waals surface area contributed by atoms with Gasteiger partial charge >= 0.3 is 0 Å². The number of piperazine rings is 1. The minimum atomic E-state index is -1.63. The molecule has 3 aliphatic rings. The van der Waals surface area contributed by atoms with Crippen LogP contribution in [0.25, 0.3) is 0 Å². The average Bonchev–Trinajstić information content (AvgIpc) is 2.50. The molecule has 4 rings (SSSR count). The molecule has 0 unspecified atom stereocenters. The Balaban J connectivity index is 2.06. The molecule has 0 saturated carbocycles. The van der Waals surface area contributed by atoms with E-state index in [2.05, 4.69) is 5.32 Å². The number of fused-ring (bicyclic) bond motifs is 3. The predicted octanol–water partition coefficient (Wildman–Crippen LogP) is 0.589. The summed E-state index contributed by atoms with van der Waals surface area (Å²) in [6, 6.07) is 10.3. The van der Waals surface area contributed by atoms with E-state index in [0.29, 0.717) is 18.7 Å². The van der Waals surface area contributed by atoms with Crippen LogP contribution in [0.1, 0.15) is 13.3 Å². The molecule has 0 aromatic heterocycles. The van der Waals surface area contributed by atoms with Crippen LogP contribution < -0.4 is 10.2 Å². The third kappa shape index (κ3) is 1.82. The molecule has 3 aliphatic heterocycles. The summed E-state index contributed by atoms with van der Waals surface area (Å²) in [5.41, 5.74) is -1.01. The van der Waals surface area contributed by atoms with Crippen molar-refractivity contribution in [2.45, 2.75) is 31.0 Å². The molecule has 0 aliphatic carbocycles. The largest absolute Gasteiger partial charge is 0.374 e. The fourth-order valence-corrected chi connectivity index (χ4v) is 3.02. The number of carbonyl (C=O) groups is 2. The van der Waals surface area contributed by atoms with E-state index in [1.54, 1.807) is 31.2 Å². The number of rotatable bonds is 3. The molecule has 3 saturated heterocycles. The molecule has 3 heterocycles. The maximum atomic E-state index is 12.8. The first-order chi connectivity index (χ1) is 10.1. The first-order valence-electron chi connectivity index (χ1n) is 6.87. The molecule has 0 radical (unpaired) electrons. The SMILES string of the molecule is CCO[C@@H]1C[C@@H]2C(=O)N[C@@]1(C#N)C(=O)N2c1ccccc1. The van der Waals surface area contributed by atoms with E-state index in [4.69, 9.17) is 4.74 Å². The monoisotopic (exact) mass is 285 g/mol. The van der Waals surface area contributed by atoms with Gasteiger partial charge in [0.15, 0.2) is 0 Å². The maximum absolute atomic E-state index is 12.8. The minimum Gasteiger partial charge on any atom is -0.374 e. The van der Waals surface area contributed by atoms with E-state index < -0.39 is 23.6 Å². The standard InChI is InChI=1S/C15H15N3O3/c1-2-21-12-8-11-13(19)17-15(12,9-16)14(20)18(11)10-6-4-3-5-7-10/h3-7,11-12H,2,8H2,1H3,(H,17,19)/t11-,12-,15-/m1/s1. The lowest BCUT2D eigenvalue weighted by Crippen LogP contribution is -2.80. The molecule has 1 N–H and O–H groups in total. The van der Waals surface area contributed by atoms with Gasteiger partial charge in [0.1, 0.15) is 18.2 Å². The predicted molar refractivity (Wildman–Crippen MR) is 74.2 cm³/mol. The highest BCUT2D eigenvalue weighted by atomic mass is 16.5. The summed E-state index contributed by atoms with van der Waals surface area (Å²) in [5.74, 6) is -0.735. The van der Waals surface area contributed by atoms with Crippen LogP contribution in [0.4, 0.5) is 5.69 Å². The van der Waals surface area contributed by atoms with E-state index in [-0.39, 0.29) is 5.91 Å². The van der Waals surface area contributed by atoms with Crippen LogP contribution >= 0.6 is 0 Å². The van der Waals surface area contributed by atoms with Gasteiger partial charge in [-0.05, 0) is 19.1 Å². The van der Waals surface area contributed by atoms with Crippen molar-refractivity contribution < 1.29 is 14.3 Å². The Bertz CT molecular complexity index is 625. The summed E-state index contributed by atoms with van der Waals surface area (Å²) in [5, 5.41) is 12.1. The van der Waals surface area contributed by atoms with Gasteiger partial charge < -0.3 is 10.1 Å². The minimum absolute atomic E-state index is 0.309. The van der Waals surface area contributed by atoms with E-state index in [9.17, 15) is 14.9 Å². The van der Waals surface area contributed by atoms with Crippen LogP contribution in [0.2, 0.25) is 0 Å². The molecule has 2 bridgehead atoms. The van der Waals surface area contributed by atoms with Crippen LogP contribution in [-0.2, 0) is 14.3 Å². The van der Waals surface area contributed by atoms with Crippen molar-refractivity contribution in [3.05, 3.63) is 30.3 Å². The highest BCUT2D eigenvalue weighted by molar-refractivity contribution is 6.14. The van der Waals surface area contributed by atoms with Crippen LogP contribution in [-0.4, -0.2) is 36.1 Å². The molecule has 1 aromatic carbocycles. The Morgan fingerprint density at radius 1 is 1.43 bits per heavy atom. The molecule has 108 valence electrons. The zero-order valence-electron chi connectivity index (χ0n) is 11.6. The van der Waals surface area contributed by atoms with Gasteiger partial charge in [0.25, 0.3) is 5.91 Å². The molecule has 1 aromatic rings. The molecule has 3 atom stereocenters. The summed E-state index contributed by atoms with van der Waals surface area (Å²) in [7, 11) is 0. The van der Waals surface area contributed by atoms with Gasteiger partial charge in [0.05, 0.1) is 0 Å². The lowest BCUT2D eigenvalue weighted by Gasteiger charge is -2.51. The van der Waals surface area contributed by atoms with Crippen molar-refractivity contribution in [3.63, 3.8) is 0 Å². The Labute approximate surface area is 122 Å². The second kappa shape index (κ2) is 4.86. The number of amides is 2. The highest BCUT2D eigenvalue weighted by Gasteiger charge is 2.63. The Kier molecular flexibility index (Phi) is 3.15. The second-order valence-electron chi connectivity index (χ2n) is 5.12. The number of nitriles is 1. The number of anilines is 1. The molecule has 0 spiro atoms. The molecule has 21 heavy (non-hydrogen) atoms. The number of carbonyl (C=O) groups excluding carboxylic acids is 2. The Morgan fingerprint density at radius 3 is 2.76 bits per heavy atom. The first-order valence-corrected chi connectivity index (χ1v) is 6.87. The van der Waals surface area contributed by atoms with Gasteiger partial charge in [-0.15, -0.1) is 0 Å². The normalized spacial score (nSPS) is 31.0. The Hall–Kier alpha value is -2.39. The summed E-state index contributed by atoms with van der Waals surface area (Å²) < 4.78 is 5.53. The van der Waals surface area contributed by atoms with Gasteiger partial charge in [-0.2, -0.15) is 5.26 Å². The third-order valence-corrected chi connectivity index (χ3v) is 3.99. The van der Waals surface area contributed by atoms with Crippen molar-refractivity contribution in [2.75, 3.05) is 11.5 Å². The first kappa shape index (κ1) is 13.6. The summed E-state index contributed by atoms with van der Waals surface area (Å²) in [6.45, 7) is 2.18. The van der Waals surface area contributed by atoms with Crippen molar-refractivity contribution in [3.8, 4) is 6.07 Å². The van der Waals surface area contributed by atoms with Crippen LogP contribution in [0.15, 0.2) is 30.3 Å². The van der Waals surface area contributed by atoms with Crippen LogP contribution in [0, 0.1) is 11.3 Å². The number of hydrogen-bond donors (Lipinski definition) is 1. The smallest absolute Gasteiger partial charge is 0.271 e. The number of nitrogens with one attached hydrogen (secondary N) is 1. The Morgan fingerprint density at radius 2 is 2.14 bits per heavy atom. The van der Waals surface area contributed by atoms with Gasteiger partial charge in [-0.25, -0.2) is 0 Å². The zero-order valence-corrected chi connectivity index (χ0v) is 11.6. The third-order valence-electron chi connectivity index (χ3n) is 3.99. The number of piperidine rings is 2. The molecule has 6 heteroatoms. The maximum Gasteiger partial charge on any atom is 0.271 e. The quantitative estimate of drug-likeness (QED) is 0.881. The van der Waals surface area contributed by atoms with Gasteiger partial charge in [-0.3, -0.25) is 14.5 Å². The highest BCUT2D eigenvalue weighted by Crippen LogP contribution is 2.37. The van der Waals surface area contributed by atoms with E-state index in [1.807, 2.05) is 12.1 Å². The average molecular weight is 285 g/mol. The van der Waals surface area contributed by atoms with E-state index in [1.165, 1.54) is 4.90 Å². The topological polar surface area (TPSA) is 82.4 Å². The van der Waals surface area contributed by atoms with E-state index >= 15 is 0 Å². The van der Waals surface area contributed by atoms with Gasteiger partial charge in [0, 0.05) is 18.7 Å². The fourth-order valence-electron chi connectivity index (χ4n) is 3.02. The number of hydrogen-bond acceptors (Lipinski definition) is 4. The number of nitrogens with zero attached hydrogens (tertiary/aromatic N) is 2. The summed E-state index contributed by atoms with van der Waals surface area (Å²) >= 11 is 0. The molecule has 2 amide bonds. The van der Waals surface area contributed by atoms with Crippen molar-refractivity contribution >= 4 is 17.5 Å². The number of para-hydroxylation sites is 1. The van der Waals surface area contributed by atoms with Crippen LogP contribution in [0.3, 0.4) is 0 Å². The molecule has 6 nitrogen and oxygen atoms in total. The number of ether oxygens (including phenoxy) is 1. The number of benzene rings is 1. The van der Waals surface area contributed by atoms with Crippen molar-refractivity contribution in [1.29, 1.82) is 5.26 Å². The van der Waals surface area contributed by atoms with Crippen molar-refractivity contribution in [2.24, 2.45) is 0 Å². The molecular formula is C15H15N3O3. The van der Waals surface area contributed by atoms with E-state index in [0.717, 1.165) is 0 Å². The summed E-state index contributed by atoms with van der Waals surface area (Å²) in [4.78, 5) is 26.4. The van der Waals surface area contributed by atoms with Gasteiger partial charge in [-0.1, -0.05) is 18.2 Å². The van der Waals surface area contributed by atoms with Crippen molar-refractivity contribution in [1.82, 2.24) is 5.32 Å². The van der Waals surface area contributed by atoms with Crippen LogP contribution in [0.5, 0.6) is 0 Å². The fraction of sp³-hybridized carbons (Fsp3) is 0.400. The lowest BCUT2D eigenvalue weighted by atomic mass is 9.77. The zero-order chi connectivity index (χ0) is 15.0. The van der Waals surface area contributed by atoms with Gasteiger partial charge in [0.2, 0.25) is 11.4 Å². The summed E-state index contributed by atoms with van der Waals surface area (Å²) in [6.07, 6.45) is -0.281. The second-order valence-corrected chi connectivity index (χ2v) is 5.12. The molecule has 3 fully saturated rings. The molecular weight excluding hydrogens is 270 g/mol. The lowest BCUT2D eigenvalue weighted by molar-refractivity contribution is -0.150.